The van der Waals surface area contributed by atoms with Gasteiger partial charge in [-0.05, 0) is 47.5 Å². The third-order valence-corrected chi connectivity index (χ3v) is 6.83. The van der Waals surface area contributed by atoms with Gasteiger partial charge in [-0.15, -0.1) is 0 Å². The number of nitrogens with zero attached hydrogens (tertiary/aromatic N) is 1. The van der Waals surface area contributed by atoms with Crippen LogP contribution in [0.5, 0.6) is 5.75 Å². The highest BCUT2D eigenvalue weighted by Crippen LogP contribution is 2.37. The second kappa shape index (κ2) is 8.58. The van der Waals surface area contributed by atoms with E-state index in [1.807, 2.05) is 24.3 Å². The Bertz CT molecular complexity index is 1560. The van der Waals surface area contributed by atoms with Crippen LogP contribution in [0.3, 0.4) is 0 Å². The summed E-state index contributed by atoms with van der Waals surface area (Å²) in [5, 5.41) is 0.875. The van der Waals surface area contributed by atoms with E-state index in [0.717, 1.165) is 24.9 Å². The van der Waals surface area contributed by atoms with Crippen LogP contribution in [0.1, 0.15) is 22.6 Å². The highest BCUT2D eigenvalue weighted by atomic mass is 35.5. The summed E-state index contributed by atoms with van der Waals surface area (Å²) in [5.74, 6) is 0.196. The Kier molecular flexibility index (Phi) is 5.72. The van der Waals surface area contributed by atoms with Gasteiger partial charge < -0.3 is 14.1 Å². The maximum absolute atomic E-state index is 13.1. The summed E-state index contributed by atoms with van der Waals surface area (Å²) in [7, 11) is -1.78. The lowest BCUT2D eigenvalue weighted by Gasteiger charge is -2.32. The Balaban J connectivity index is 1.63. The molecule has 0 radical (unpaired) electrons. The van der Waals surface area contributed by atoms with E-state index in [1.54, 1.807) is 18.2 Å². The summed E-state index contributed by atoms with van der Waals surface area (Å²) in [6.45, 7) is 1.80. The van der Waals surface area contributed by atoms with Gasteiger partial charge in [-0.3, -0.25) is 4.79 Å². The molecule has 0 aliphatic carbocycles. The average Bonchev–Trinajstić information content (AvgIpc) is 2.77. The van der Waals surface area contributed by atoms with Crippen LogP contribution in [0.4, 0.5) is 0 Å². The van der Waals surface area contributed by atoms with Crippen molar-refractivity contribution < 1.29 is 12.6 Å². The van der Waals surface area contributed by atoms with Gasteiger partial charge in [0.2, 0.25) is 0 Å². The summed E-state index contributed by atoms with van der Waals surface area (Å²) >= 11 is 6.07. The Hall–Kier alpha value is -3.13. The maximum Gasteiger partial charge on any atom is 0.306 e. The lowest BCUT2D eigenvalue weighted by atomic mass is 9.84. The predicted molar refractivity (Wildman–Crippen MR) is 135 cm³/mol. The van der Waals surface area contributed by atoms with Crippen LogP contribution >= 0.6 is 11.6 Å². The Morgan fingerprint density at radius 1 is 1.06 bits per heavy atom. The zero-order valence-corrected chi connectivity index (χ0v) is 20.3. The number of aromatic amines is 1. The van der Waals surface area contributed by atoms with E-state index < -0.39 is 15.7 Å². The van der Waals surface area contributed by atoms with Crippen molar-refractivity contribution in [2.24, 2.45) is 0 Å². The van der Waals surface area contributed by atoms with Crippen LogP contribution < -0.4 is 9.74 Å². The Labute approximate surface area is 202 Å². The van der Waals surface area contributed by atoms with Crippen molar-refractivity contribution >= 4 is 32.6 Å². The zero-order valence-electron chi connectivity index (χ0n) is 18.7. The number of pyridine rings is 1. The molecule has 2 heterocycles. The van der Waals surface area contributed by atoms with Gasteiger partial charge in [0.15, 0.2) is 5.75 Å². The van der Waals surface area contributed by atoms with Gasteiger partial charge in [-0.1, -0.05) is 60.1 Å². The molecule has 0 saturated carbocycles. The van der Waals surface area contributed by atoms with Crippen LogP contribution in [0.2, 0.25) is 5.02 Å². The van der Waals surface area contributed by atoms with Crippen LogP contribution in [0.15, 0.2) is 71.5 Å². The molecule has 5 rings (SSSR count). The summed E-state index contributed by atoms with van der Waals surface area (Å²) in [4.78, 5) is 18.2. The van der Waals surface area contributed by atoms with E-state index in [9.17, 15) is 13.2 Å². The average molecular weight is 495 g/mol. The molecule has 0 saturated heterocycles. The predicted octanol–water partition coefficient (Wildman–Crippen LogP) is 4.76. The van der Waals surface area contributed by atoms with Gasteiger partial charge in [0.25, 0.3) is 5.56 Å². The maximum atomic E-state index is 13.1. The molecule has 6 nitrogen and oxygen atoms in total. The molecular formula is C26H23ClN2O4S. The first-order valence-electron chi connectivity index (χ1n) is 10.8. The largest absolute Gasteiger partial charge is 0.381 e. The minimum Gasteiger partial charge on any atom is -0.381 e. The molecule has 1 aliphatic rings. The number of hydrogen-bond acceptors (Lipinski definition) is 5. The third kappa shape index (κ3) is 4.34. The van der Waals surface area contributed by atoms with Crippen molar-refractivity contribution in [3.05, 3.63) is 98.8 Å². The van der Waals surface area contributed by atoms with Gasteiger partial charge in [-0.2, -0.15) is 8.42 Å². The number of H-pyrrole nitrogens is 1. The monoisotopic (exact) mass is 494 g/mol. The molecule has 34 heavy (non-hydrogen) atoms. The molecular weight excluding hydrogens is 472 g/mol. The second-order valence-corrected chi connectivity index (χ2v) is 10.7. The lowest BCUT2D eigenvalue weighted by molar-refractivity contribution is 0.295. The highest BCUT2D eigenvalue weighted by Gasteiger charge is 2.25. The number of aromatic nitrogens is 1. The fourth-order valence-electron chi connectivity index (χ4n) is 4.69. The summed E-state index contributed by atoms with van der Waals surface area (Å²) in [5.41, 5.74) is 4.40. The van der Waals surface area contributed by atoms with E-state index >= 15 is 0 Å². The lowest BCUT2D eigenvalue weighted by Crippen LogP contribution is -2.30. The molecule has 0 bridgehead atoms. The number of halogens is 1. The first-order valence-corrected chi connectivity index (χ1v) is 13.0. The van der Waals surface area contributed by atoms with Crippen LogP contribution in [0.25, 0.3) is 22.0 Å². The first-order chi connectivity index (χ1) is 16.2. The molecule has 0 fully saturated rings. The topological polar surface area (TPSA) is 79.5 Å². The molecule has 1 N–H and O–H groups in total. The normalized spacial score (nSPS) is 16.4. The molecule has 1 aromatic heterocycles. The van der Waals surface area contributed by atoms with Gasteiger partial charge >= 0.3 is 10.1 Å². The SMILES string of the molecule is CN1Cc2ccccc2[C@@H](c2ccc(-c3c(OS(C)(=O)=O)c4ccc(Cl)cc4[nH]c3=O)cc2)C1. The fraction of sp³-hybridized carbons (Fsp3) is 0.192. The second-order valence-electron chi connectivity index (χ2n) is 8.71. The molecule has 0 amide bonds. The standard InChI is InChI=1S/C26H23ClN2O4S/c1-29-14-18-5-3-4-6-20(18)22(15-29)16-7-9-17(10-8-16)24-25(33-34(2,31)32)21-12-11-19(27)13-23(21)28-26(24)30/h3-13,22H,14-15H2,1-2H3,(H,28,30)/t22-/m1/s1. The van der Waals surface area contributed by atoms with E-state index in [4.69, 9.17) is 15.8 Å². The van der Waals surface area contributed by atoms with Crippen LogP contribution in [-0.4, -0.2) is 38.1 Å². The molecule has 1 aliphatic heterocycles. The van der Waals surface area contributed by atoms with Gasteiger partial charge in [0.05, 0.1) is 17.3 Å². The van der Waals surface area contributed by atoms with E-state index in [0.29, 0.717) is 21.5 Å². The van der Waals surface area contributed by atoms with Crippen molar-refractivity contribution in [3.8, 4) is 16.9 Å². The molecule has 8 heteroatoms. The molecule has 4 aromatic rings. The van der Waals surface area contributed by atoms with Crippen molar-refractivity contribution in [2.45, 2.75) is 12.5 Å². The quantitative estimate of drug-likeness (QED) is 0.414. The van der Waals surface area contributed by atoms with E-state index in [2.05, 4.69) is 41.2 Å². The summed E-state index contributed by atoms with van der Waals surface area (Å²) in [6, 6.07) is 20.9. The minimum atomic E-state index is -3.88. The molecule has 3 aromatic carbocycles. The number of rotatable bonds is 4. The molecule has 0 spiro atoms. The Morgan fingerprint density at radius 2 is 1.79 bits per heavy atom. The Morgan fingerprint density at radius 3 is 2.53 bits per heavy atom. The van der Waals surface area contributed by atoms with E-state index in [-0.39, 0.29) is 17.2 Å². The van der Waals surface area contributed by atoms with Crippen molar-refractivity contribution in [1.29, 1.82) is 0 Å². The number of benzene rings is 3. The number of fused-ring (bicyclic) bond motifs is 2. The minimum absolute atomic E-state index is 0.00610. The zero-order chi connectivity index (χ0) is 24.0. The molecule has 174 valence electrons. The van der Waals surface area contributed by atoms with Crippen LogP contribution in [0, 0.1) is 0 Å². The summed E-state index contributed by atoms with van der Waals surface area (Å²) < 4.78 is 29.4. The van der Waals surface area contributed by atoms with Crippen LogP contribution in [-0.2, 0) is 16.7 Å². The van der Waals surface area contributed by atoms with Crippen molar-refractivity contribution in [2.75, 3.05) is 19.8 Å². The van der Waals surface area contributed by atoms with Gasteiger partial charge in [-0.25, -0.2) is 0 Å². The highest BCUT2D eigenvalue weighted by molar-refractivity contribution is 7.86. The smallest absolute Gasteiger partial charge is 0.306 e. The summed E-state index contributed by atoms with van der Waals surface area (Å²) in [6.07, 6.45) is 0.958. The number of nitrogens with one attached hydrogen (secondary N) is 1. The molecule has 0 unspecified atom stereocenters. The number of likely N-dealkylation sites (N-methyl/N-ethyl adjacent to an activating group) is 1. The third-order valence-electron chi connectivity index (χ3n) is 6.13. The van der Waals surface area contributed by atoms with Crippen molar-refractivity contribution in [1.82, 2.24) is 9.88 Å². The number of hydrogen-bond donors (Lipinski definition) is 1. The molecule has 1 atom stereocenters. The van der Waals surface area contributed by atoms with E-state index in [1.165, 1.54) is 11.1 Å². The fourth-order valence-corrected chi connectivity index (χ4v) is 5.34. The van der Waals surface area contributed by atoms with Gasteiger partial charge in [0, 0.05) is 29.4 Å². The van der Waals surface area contributed by atoms with Gasteiger partial charge in [0.1, 0.15) is 0 Å². The first kappa shape index (κ1) is 22.7. The van der Waals surface area contributed by atoms with Crippen molar-refractivity contribution in [3.63, 3.8) is 0 Å².